The maximum atomic E-state index is 11.8. The van der Waals surface area contributed by atoms with Gasteiger partial charge in [0.25, 0.3) is 0 Å². The molecule has 1 amide bonds. The number of carbonyl (C=O) groups is 2. The van der Waals surface area contributed by atoms with Crippen LogP contribution < -0.4 is 10.1 Å². The molecule has 0 bridgehead atoms. The number of alkyl carbamates (subject to hydrolysis) is 1. The first-order valence-electron chi connectivity index (χ1n) is 13.2. The predicted molar refractivity (Wildman–Crippen MR) is 154 cm³/mol. The van der Waals surface area contributed by atoms with E-state index in [0.29, 0.717) is 11.3 Å². The third-order valence-corrected chi connectivity index (χ3v) is 6.98. The van der Waals surface area contributed by atoms with E-state index in [-0.39, 0.29) is 26.4 Å². The molecule has 0 aromatic heterocycles. The summed E-state index contributed by atoms with van der Waals surface area (Å²) in [5.41, 5.74) is 7.20. The quantitative estimate of drug-likeness (QED) is 0.130. The summed E-state index contributed by atoms with van der Waals surface area (Å²) in [7, 11) is 0. The molecule has 6 nitrogen and oxygen atoms in total. The molecule has 5 rings (SSSR count). The number of hydrogen-bond donors (Lipinski definition) is 1. The molecule has 0 unspecified atom stereocenters. The molecule has 202 valence electrons. The number of nitrogens with one attached hydrogen (secondary N) is 1. The van der Waals surface area contributed by atoms with Crippen molar-refractivity contribution in [3.63, 3.8) is 0 Å². The highest BCUT2D eigenvalue weighted by molar-refractivity contribution is 5.87. The maximum Gasteiger partial charge on any atom is 0.407 e. The molecule has 0 aliphatic heterocycles. The fourth-order valence-electron chi connectivity index (χ4n) is 5.28. The molecule has 0 saturated heterocycles. The molecule has 4 aromatic carbocycles. The van der Waals surface area contributed by atoms with Crippen LogP contribution in [0.3, 0.4) is 0 Å². The van der Waals surface area contributed by atoms with Crippen LogP contribution in [0.15, 0.2) is 115 Å². The van der Waals surface area contributed by atoms with Crippen molar-refractivity contribution in [1.29, 1.82) is 0 Å². The normalized spacial score (nSPS) is 12.5. The summed E-state index contributed by atoms with van der Waals surface area (Å²) in [4.78, 5) is 23.2. The fourth-order valence-corrected chi connectivity index (χ4v) is 5.28. The summed E-state index contributed by atoms with van der Waals surface area (Å²) in [6.45, 7) is 5.54. The molecule has 4 aromatic rings. The first-order valence-corrected chi connectivity index (χ1v) is 13.2. The largest absolute Gasteiger partial charge is 0.490 e. The predicted octanol–water partition coefficient (Wildman–Crippen LogP) is 6.27. The van der Waals surface area contributed by atoms with Crippen LogP contribution in [0.4, 0.5) is 4.79 Å². The Morgan fingerprint density at radius 2 is 1.27 bits per heavy atom. The Hall–Kier alpha value is -4.84. The van der Waals surface area contributed by atoms with Gasteiger partial charge in [-0.05, 0) is 52.4 Å². The van der Waals surface area contributed by atoms with E-state index in [1.54, 1.807) is 6.92 Å². The van der Waals surface area contributed by atoms with Gasteiger partial charge in [0.1, 0.15) is 25.6 Å². The SMILES string of the molecule is C=C(C)C(=O)OCCNC(=O)OCCOc1ccc(C2(c3ccccc3)c3ccccc3-c3ccccc32)cc1. The maximum absolute atomic E-state index is 11.8. The van der Waals surface area contributed by atoms with Gasteiger partial charge in [0.15, 0.2) is 0 Å². The van der Waals surface area contributed by atoms with Crippen molar-refractivity contribution < 1.29 is 23.8 Å². The molecule has 1 aliphatic carbocycles. The molecule has 0 radical (unpaired) electrons. The van der Waals surface area contributed by atoms with Gasteiger partial charge in [0.05, 0.1) is 12.0 Å². The summed E-state index contributed by atoms with van der Waals surface area (Å²) in [6.07, 6.45) is -0.603. The smallest absolute Gasteiger partial charge is 0.407 e. The Labute approximate surface area is 234 Å². The topological polar surface area (TPSA) is 73.9 Å². The third kappa shape index (κ3) is 5.21. The highest BCUT2D eigenvalue weighted by Crippen LogP contribution is 2.55. The average Bonchev–Trinajstić information content (AvgIpc) is 3.29. The van der Waals surface area contributed by atoms with E-state index in [9.17, 15) is 9.59 Å². The van der Waals surface area contributed by atoms with Crippen LogP contribution in [-0.2, 0) is 19.7 Å². The summed E-state index contributed by atoms with van der Waals surface area (Å²) in [6, 6.07) is 36.0. The van der Waals surface area contributed by atoms with Crippen molar-refractivity contribution in [1.82, 2.24) is 5.32 Å². The van der Waals surface area contributed by atoms with Gasteiger partial charge in [0, 0.05) is 5.57 Å². The van der Waals surface area contributed by atoms with E-state index in [1.807, 2.05) is 18.2 Å². The summed E-state index contributed by atoms with van der Waals surface area (Å²) in [5.74, 6) is 0.188. The lowest BCUT2D eigenvalue weighted by Gasteiger charge is -2.33. The summed E-state index contributed by atoms with van der Waals surface area (Å²) >= 11 is 0. The number of fused-ring (bicyclic) bond motifs is 3. The summed E-state index contributed by atoms with van der Waals surface area (Å²) in [5, 5.41) is 2.53. The highest BCUT2D eigenvalue weighted by Gasteiger charge is 2.45. The minimum atomic E-state index is -0.603. The monoisotopic (exact) mass is 533 g/mol. The van der Waals surface area contributed by atoms with E-state index in [0.717, 1.165) is 5.56 Å². The van der Waals surface area contributed by atoms with Crippen LogP contribution in [-0.4, -0.2) is 38.4 Å². The molecule has 0 atom stereocenters. The zero-order valence-corrected chi connectivity index (χ0v) is 22.4. The van der Waals surface area contributed by atoms with Gasteiger partial charge < -0.3 is 19.5 Å². The second kappa shape index (κ2) is 11.9. The Kier molecular flexibility index (Phi) is 7.97. The van der Waals surface area contributed by atoms with Crippen molar-refractivity contribution in [3.05, 3.63) is 138 Å². The second-order valence-electron chi connectivity index (χ2n) is 9.56. The minimum Gasteiger partial charge on any atom is -0.490 e. The number of esters is 1. The van der Waals surface area contributed by atoms with Gasteiger partial charge in [-0.3, -0.25) is 0 Å². The van der Waals surface area contributed by atoms with E-state index >= 15 is 0 Å². The molecule has 0 spiro atoms. The minimum absolute atomic E-state index is 0.0447. The average molecular weight is 534 g/mol. The molecule has 0 heterocycles. The first-order chi connectivity index (χ1) is 19.5. The van der Waals surface area contributed by atoms with E-state index in [2.05, 4.69) is 96.8 Å². The third-order valence-electron chi connectivity index (χ3n) is 6.98. The Morgan fingerprint density at radius 1 is 0.700 bits per heavy atom. The Morgan fingerprint density at radius 3 is 1.90 bits per heavy atom. The van der Waals surface area contributed by atoms with Gasteiger partial charge in [0.2, 0.25) is 0 Å². The Bertz CT molecular complexity index is 1470. The first kappa shape index (κ1) is 26.8. The van der Waals surface area contributed by atoms with Crippen LogP contribution >= 0.6 is 0 Å². The number of amides is 1. The molecule has 6 heteroatoms. The standard InChI is InChI=1S/C34H31NO5/c1-24(2)32(36)39-21-20-35-33(37)40-23-22-38-27-18-16-26(17-19-27)34(25-10-4-3-5-11-25)30-14-8-6-12-28(30)29-13-7-9-15-31(29)34/h3-19H,1,20-23H2,2H3,(H,35,37). The molecule has 0 saturated carbocycles. The van der Waals surface area contributed by atoms with Crippen LogP contribution in [0.2, 0.25) is 0 Å². The number of carbonyl (C=O) groups excluding carboxylic acids is 2. The highest BCUT2D eigenvalue weighted by atomic mass is 16.6. The lowest BCUT2D eigenvalue weighted by Crippen LogP contribution is -2.29. The van der Waals surface area contributed by atoms with Gasteiger partial charge >= 0.3 is 12.1 Å². The summed E-state index contributed by atoms with van der Waals surface area (Å²) < 4.78 is 15.9. The van der Waals surface area contributed by atoms with Gasteiger partial charge in [-0.2, -0.15) is 0 Å². The fraction of sp³-hybridized carbons (Fsp3) is 0.176. The lowest BCUT2D eigenvalue weighted by molar-refractivity contribution is -0.138. The zero-order valence-electron chi connectivity index (χ0n) is 22.4. The van der Waals surface area contributed by atoms with Crippen molar-refractivity contribution >= 4 is 12.1 Å². The van der Waals surface area contributed by atoms with Gasteiger partial charge in [-0.25, -0.2) is 9.59 Å². The molecular weight excluding hydrogens is 502 g/mol. The van der Waals surface area contributed by atoms with Crippen molar-refractivity contribution in [2.24, 2.45) is 0 Å². The van der Waals surface area contributed by atoms with E-state index in [4.69, 9.17) is 14.2 Å². The molecule has 1 N–H and O–H groups in total. The number of rotatable bonds is 10. The van der Waals surface area contributed by atoms with Crippen LogP contribution in [0.1, 0.15) is 29.2 Å². The van der Waals surface area contributed by atoms with E-state index in [1.165, 1.54) is 27.8 Å². The number of benzene rings is 4. The molecule has 0 fully saturated rings. The van der Waals surface area contributed by atoms with Crippen molar-refractivity contribution in [3.8, 4) is 16.9 Å². The zero-order chi connectivity index (χ0) is 28.0. The Balaban J connectivity index is 1.27. The second-order valence-corrected chi connectivity index (χ2v) is 9.56. The van der Waals surface area contributed by atoms with Crippen LogP contribution in [0.25, 0.3) is 11.1 Å². The van der Waals surface area contributed by atoms with Gasteiger partial charge in [-0.15, -0.1) is 0 Å². The number of ether oxygens (including phenoxy) is 3. The number of hydrogen-bond acceptors (Lipinski definition) is 5. The lowest BCUT2D eigenvalue weighted by atomic mass is 9.68. The van der Waals surface area contributed by atoms with Gasteiger partial charge in [-0.1, -0.05) is 97.6 Å². The molecule has 1 aliphatic rings. The van der Waals surface area contributed by atoms with E-state index < -0.39 is 17.5 Å². The van der Waals surface area contributed by atoms with Crippen LogP contribution in [0, 0.1) is 0 Å². The van der Waals surface area contributed by atoms with Crippen LogP contribution in [0.5, 0.6) is 5.75 Å². The van der Waals surface area contributed by atoms with Crippen molar-refractivity contribution in [2.45, 2.75) is 12.3 Å². The molecule has 40 heavy (non-hydrogen) atoms. The molecular formula is C34H31NO5. The van der Waals surface area contributed by atoms with Crippen molar-refractivity contribution in [2.75, 3.05) is 26.4 Å².